The van der Waals surface area contributed by atoms with Crippen molar-refractivity contribution >= 4 is 11.6 Å². The van der Waals surface area contributed by atoms with Gasteiger partial charge >= 0.3 is 0 Å². The lowest BCUT2D eigenvalue weighted by molar-refractivity contribution is 0.102. The first-order chi connectivity index (χ1) is 17.2. The number of nitrogens with one attached hydrogen (secondary N) is 1. The Hall–Kier alpha value is -4.17. The highest BCUT2D eigenvalue weighted by atomic mass is 16.5. The second kappa shape index (κ2) is 10.2. The SMILES string of the molecule is COc1ccc(NC(=O)c2ccc(-c3ccc(-c4noc(C)n4)cc3C)cc2)cc1OC(C)(C)CN. The van der Waals surface area contributed by atoms with Crippen molar-refractivity contribution in [3.05, 3.63) is 77.7 Å². The molecule has 3 N–H and O–H groups in total. The van der Waals surface area contributed by atoms with E-state index in [-0.39, 0.29) is 5.91 Å². The first kappa shape index (κ1) is 24.9. The van der Waals surface area contributed by atoms with Crippen LogP contribution in [0.5, 0.6) is 11.5 Å². The maximum absolute atomic E-state index is 12.9. The number of methoxy groups -OCH3 is 1. The second-order valence-corrected chi connectivity index (χ2v) is 9.13. The normalized spacial score (nSPS) is 11.3. The molecule has 0 fully saturated rings. The highest BCUT2D eigenvalue weighted by Crippen LogP contribution is 2.33. The van der Waals surface area contributed by atoms with E-state index in [0.717, 1.165) is 22.3 Å². The third-order valence-corrected chi connectivity index (χ3v) is 5.77. The number of amides is 1. The fourth-order valence-electron chi connectivity index (χ4n) is 3.72. The molecule has 0 atom stereocenters. The summed E-state index contributed by atoms with van der Waals surface area (Å²) in [5, 5.41) is 6.90. The number of anilines is 1. The number of ether oxygens (including phenoxy) is 2. The molecule has 8 heteroatoms. The van der Waals surface area contributed by atoms with Crippen LogP contribution < -0.4 is 20.5 Å². The Bertz CT molecular complexity index is 1380. The molecule has 3 aromatic carbocycles. The van der Waals surface area contributed by atoms with Gasteiger partial charge in [-0.05, 0) is 67.8 Å². The van der Waals surface area contributed by atoms with E-state index in [1.807, 2.05) is 51.1 Å². The Morgan fingerprint density at radius 2 is 1.72 bits per heavy atom. The van der Waals surface area contributed by atoms with Crippen LogP contribution in [0.2, 0.25) is 0 Å². The molecule has 0 radical (unpaired) electrons. The summed E-state index contributed by atoms with van der Waals surface area (Å²) in [7, 11) is 1.57. The zero-order valence-electron chi connectivity index (χ0n) is 21.1. The van der Waals surface area contributed by atoms with Gasteiger partial charge in [-0.3, -0.25) is 4.79 Å². The van der Waals surface area contributed by atoms with Gasteiger partial charge in [0.05, 0.1) is 7.11 Å². The minimum absolute atomic E-state index is 0.227. The number of carbonyl (C=O) groups excluding carboxylic acids is 1. The van der Waals surface area contributed by atoms with Crippen LogP contribution in [0.15, 0.2) is 65.2 Å². The van der Waals surface area contributed by atoms with E-state index in [1.54, 1.807) is 44.4 Å². The van der Waals surface area contributed by atoms with Crippen molar-refractivity contribution < 1.29 is 18.8 Å². The summed E-state index contributed by atoms with van der Waals surface area (Å²) in [6, 6.07) is 18.7. The zero-order valence-corrected chi connectivity index (χ0v) is 21.1. The van der Waals surface area contributed by atoms with Crippen LogP contribution in [0.3, 0.4) is 0 Å². The zero-order chi connectivity index (χ0) is 25.9. The van der Waals surface area contributed by atoms with Gasteiger partial charge in [0, 0.05) is 36.3 Å². The topological polar surface area (TPSA) is 112 Å². The number of nitrogens with zero attached hydrogens (tertiary/aromatic N) is 2. The Morgan fingerprint density at radius 3 is 2.33 bits per heavy atom. The largest absolute Gasteiger partial charge is 0.493 e. The minimum Gasteiger partial charge on any atom is -0.493 e. The summed E-state index contributed by atoms with van der Waals surface area (Å²) in [4.78, 5) is 17.2. The van der Waals surface area contributed by atoms with Gasteiger partial charge in [0.25, 0.3) is 5.91 Å². The number of rotatable bonds is 8. The standard InChI is InChI=1S/C28H30N4O4/c1-17-14-21(26-30-18(2)36-32-26)10-12-23(17)19-6-8-20(9-7-19)27(33)31-22-11-13-24(34-5)25(15-22)35-28(3,4)16-29/h6-15H,16,29H2,1-5H3,(H,31,33). The highest BCUT2D eigenvalue weighted by Gasteiger charge is 2.20. The molecule has 1 aromatic heterocycles. The maximum atomic E-state index is 12.9. The van der Waals surface area contributed by atoms with Crippen LogP contribution in [0.4, 0.5) is 5.69 Å². The van der Waals surface area contributed by atoms with Crippen molar-refractivity contribution in [3.8, 4) is 34.0 Å². The monoisotopic (exact) mass is 486 g/mol. The number of hydrogen-bond donors (Lipinski definition) is 2. The number of nitrogens with two attached hydrogens (primary N) is 1. The molecule has 0 aliphatic heterocycles. The Morgan fingerprint density at radius 1 is 1.00 bits per heavy atom. The average molecular weight is 487 g/mol. The van der Waals surface area contributed by atoms with Crippen LogP contribution in [0, 0.1) is 13.8 Å². The Kier molecular flexibility index (Phi) is 7.07. The quantitative estimate of drug-likeness (QED) is 0.343. The van der Waals surface area contributed by atoms with Gasteiger partial charge in [-0.25, -0.2) is 0 Å². The van der Waals surface area contributed by atoms with Crippen LogP contribution in [0.25, 0.3) is 22.5 Å². The predicted molar refractivity (Wildman–Crippen MR) is 139 cm³/mol. The lowest BCUT2D eigenvalue weighted by Crippen LogP contribution is -2.37. The molecule has 0 spiro atoms. The molecule has 0 saturated carbocycles. The molecule has 0 bridgehead atoms. The second-order valence-electron chi connectivity index (χ2n) is 9.13. The van der Waals surface area contributed by atoms with Crippen molar-refractivity contribution in [2.45, 2.75) is 33.3 Å². The fraction of sp³-hybridized carbons (Fsp3) is 0.250. The molecule has 1 heterocycles. The minimum atomic E-state index is -0.577. The fourth-order valence-corrected chi connectivity index (χ4v) is 3.72. The van der Waals surface area contributed by atoms with E-state index in [1.165, 1.54) is 0 Å². The first-order valence-electron chi connectivity index (χ1n) is 11.6. The highest BCUT2D eigenvalue weighted by molar-refractivity contribution is 6.04. The Balaban J connectivity index is 1.50. The molecule has 1 amide bonds. The molecular formula is C28H30N4O4. The molecule has 0 saturated heterocycles. The number of aromatic nitrogens is 2. The summed E-state index contributed by atoms with van der Waals surface area (Å²) in [5.41, 5.74) is 10.4. The van der Waals surface area contributed by atoms with Crippen molar-refractivity contribution in [3.63, 3.8) is 0 Å². The summed E-state index contributed by atoms with van der Waals surface area (Å²) in [6.45, 7) is 7.90. The molecule has 0 aliphatic carbocycles. The summed E-state index contributed by atoms with van der Waals surface area (Å²) in [6.07, 6.45) is 0. The van der Waals surface area contributed by atoms with Crippen molar-refractivity contribution in [2.75, 3.05) is 19.0 Å². The van der Waals surface area contributed by atoms with E-state index in [0.29, 0.717) is 41.0 Å². The predicted octanol–water partition coefficient (Wildman–Crippen LogP) is 5.40. The molecule has 0 aliphatic rings. The summed E-state index contributed by atoms with van der Waals surface area (Å²) >= 11 is 0. The van der Waals surface area contributed by atoms with Gasteiger partial charge in [0.1, 0.15) is 5.60 Å². The van der Waals surface area contributed by atoms with E-state index >= 15 is 0 Å². The third kappa shape index (κ3) is 5.55. The van der Waals surface area contributed by atoms with Gasteiger partial charge in [-0.2, -0.15) is 4.98 Å². The van der Waals surface area contributed by atoms with Gasteiger partial charge in [0.15, 0.2) is 11.5 Å². The van der Waals surface area contributed by atoms with Gasteiger partial charge in [-0.15, -0.1) is 0 Å². The van der Waals surface area contributed by atoms with Crippen molar-refractivity contribution in [2.24, 2.45) is 5.73 Å². The number of carbonyl (C=O) groups is 1. The molecule has 186 valence electrons. The molecule has 4 aromatic rings. The van der Waals surface area contributed by atoms with Crippen LogP contribution in [0.1, 0.15) is 35.7 Å². The molecule has 4 rings (SSSR count). The maximum Gasteiger partial charge on any atom is 0.255 e. The smallest absolute Gasteiger partial charge is 0.255 e. The lowest BCUT2D eigenvalue weighted by atomic mass is 9.97. The average Bonchev–Trinajstić information content (AvgIpc) is 3.30. The van der Waals surface area contributed by atoms with E-state index in [2.05, 4.69) is 15.5 Å². The van der Waals surface area contributed by atoms with Gasteiger partial charge in [-0.1, -0.05) is 29.4 Å². The van der Waals surface area contributed by atoms with Crippen LogP contribution in [-0.2, 0) is 0 Å². The van der Waals surface area contributed by atoms with Crippen molar-refractivity contribution in [1.82, 2.24) is 10.1 Å². The molecule has 0 unspecified atom stereocenters. The number of benzene rings is 3. The number of hydrogen-bond acceptors (Lipinski definition) is 7. The summed E-state index contributed by atoms with van der Waals surface area (Å²) < 4.78 is 16.5. The van der Waals surface area contributed by atoms with Gasteiger partial charge < -0.3 is 25.0 Å². The van der Waals surface area contributed by atoms with E-state index < -0.39 is 5.60 Å². The first-order valence-corrected chi connectivity index (χ1v) is 11.6. The van der Waals surface area contributed by atoms with Crippen molar-refractivity contribution in [1.29, 1.82) is 0 Å². The van der Waals surface area contributed by atoms with Gasteiger partial charge in [0.2, 0.25) is 11.7 Å². The van der Waals surface area contributed by atoms with E-state index in [4.69, 9.17) is 19.7 Å². The van der Waals surface area contributed by atoms with Crippen LogP contribution >= 0.6 is 0 Å². The van der Waals surface area contributed by atoms with E-state index in [9.17, 15) is 4.79 Å². The van der Waals surface area contributed by atoms with Crippen LogP contribution in [-0.4, -0.2) is 35.3 Å². The lowest BCUT2D eigenvalue weighted by Gasteiger charge is -2.26. The summed E-state index contributed by atoms with van der Waals surface area (Å²) in [5.74, 6) is 1.94. The Labute approximate surface area is 210 Å². The molecule has 36 heavy (non-hydrogen) atoms. The number of aryl methyl sites for hydroxylation is 2. The molecule has 8 nitrogen and oxygen atoms in total. The third-order valence-electron chi connectivity index (χ3n) is 5.77. The molecular weight excluding hydrogens is 456 g/mol.